The Morgan fingerprint density at radius 1 is 0.625 bits per heavy atom. The first-order valence-electron chi connectivity index (χ1n) is 7.66. The van der Waals surface area contributed by atoms with Crippen molar-refractivity contribution in [1.82, 2.24) is 0 Å². The van der Waals surface area contributed by atoms with Gasteiger partial charge in [0.05, 0.1) is 12.0 Å². The van der Waals surface area contributed by atoms with Crippen LogP contribution in [-0.2, 0) is 17.1 Å². The van der Waals surface area contributed by atoms with Crippen LogP contribution >= 0.6 is 0 Å². The summed E-state index contributed by atoms with van der Waals surface area (Å²) in [7, 11) is 0. The molecule has 0 aromatic heterocycles. The largest absolute Gasteiger partial charge is 2.00 e. The first kappa shape index (κ1) is 16.3. The summed E-state index contributed by atoms with van der Waals surface area (Å²) in [5.74, 6) is 0. The minimum absolute atomic E-state index is 0. The van der Waals surface area contributed by atoms with Crippen LogP contribution in [0.25, 0.3) is 21.5 Å². The Bertz CT molecular complexity index is 998. The molecule has 0 saturated heterocycles. The van der Waals surface area contributed by atoms with E-state index < -0.39 is 0 Å². The first-order chi connectivity index (χ1) is 11.4. The molecule has 3 heteroatoms. The van der Waals surface area contributed by atoms with E-state index in [1.165, 1.54) is 16.2 Å². The third-order valence-corrected chi connectivity index (χ3v) is 3.98. The van der Waals surface area contributed by atoms with Gasteiger partial charge in [-0.3, -0.25) is 0 Å². The van der Waals surface area contributed by atoms with Gasteiger partial charge in [-0.05, 0) is 22.9 Å². The molecule has 0 aliphatic carbocycles. The van der Waals surface area contributed by atoms with Gasteiger partial charge in [-0.25, -0.2) is 4.99 Å². The molecule has 0 unspecified atom stereocenters. The fraction of sp³-hybridized carbons (Fsp3) is 0. The van der Waals surface area contributed by atoms with Crippen LogP contribution in [0.5, 0.6) is 0 Å². The molecule has 0 saturated carbocycles. The molecule has 1 N–H and O–H groups in total. The summed E-state index contributed by atoms with van der Waals surface area (Å²) in [4.78, 5) is 4.60. The topological polar surface area (TPSA) is 24.4 Å². The number of hydrogen-bond acceptors (Lipinski definition) is 1. The molecular weight excluding hydrogens is 344 g/mol. The first-order valence-corrected chi connectivity index (χ1v) is 7.66. The van der Waals surface area contributed by atoms with Crippen molar-refractivity contribution in [3.05, 3.63) is 84.9 Å². The van der Waals surface area contributed by atoms with Crippen LogP contribution in [0, 0.1) is 0 Å². The van der Waals surface area contributed by atoms with Gasteiger partial charge in [0, 0.05) is 16.5 Å². The van der Waals surface area contributed by atoms with Crippen LogP contribution in [0.3, 0.4) is 0 Å². The second kappa shape index (κ2) is 7.31. The third-order valence-electron chi connectivity index (χ3n) is 3.98. The zero-order chi connectivity index (χ0) is 15.5. The second-order valence-corrected chi connectivity index (χ2v) is 5.43. The average Bonchev–Trinajstić information content (AvgIpc) is 2.62. The SMILES string of the molecule is C(=Nc1cccc2ccccc12)Nc1cccc2ccccc12.[Cu+2]. The Balaban J connectivity index is 0.00000169. The smallest absolute Gasteiger partial charge is 0.346 e. The van der Waals surface area contributed by atoms with E-state index in [9.17, 15) is 0 Å². The van der Waals surface area contributed by atoms with Crippen LogP contribution in [0.2, 0.25) is 0 Å². The molecular formula is C21H16CuN2+2. The second-order valence-electron chi connectivity index (χ2n) is 5.43. The van der Waals surface area contributed by atoms with Crippen molar-refractivity contribution in [2.45, 2.75) is 0 Å². The van der Waals surface area contributed by atoms with Crippen molar-refractivity contribution >= 4 is 39.3 Å². The molecule has 4 aromatic carbocycles. The van der Waals surface area contributed by atoms with Gasteiger partial charge in [0.25, 0.3) is 0 Å². The summed E-state index contributed by atoms with van der Waals surface area (Å²) in [6, 6.07) is 29.0. The maximum absolute atomic E-state index is 4.60. The van der Waals surface area contributed by atoms with E-state index in [1.807, 2.05) is 24.3 Å². The maximum atomic E-state index is 4.60. The summed E-state index contributed by atoms with van der Waals surface area (Å²) in [6.07, 6.45) is 1.77. The molecule has 0 aliphatic heterocycles. The summed E-state index contributed by atoms with van der Waals surface area (Å²) in [6.45, 7) is 0. The third kappa shape index (κ3) is 3.18. The molecule has 0 aliphatic rings. The normalized spacial score (nSPS) is 10.8. The number of nitrogens with one attached hydrogen (secondary N) is 1. The Hall–Kier alpha value is -2.61. The molecule has 4 rings (SSSR count). The maximum Gasteiger partial charge on any atom is 2.00 e. The number of fused-ring (bicyclic) bond motifs is 2. The van der Waals surface area contributed by atoms with Crippen LogP contribution in [0.1, 0.15) is 0 Å². The summed E-state index contributed by atoms with van der Waals surface area (Å²) in [5, 5.41) is 8.08. The van der Waals surface area contributed by atoms with Crippen LogP contribution < -0.4 is 5.32 Å². The van der Waals surface area contributed by atoms with Gasteiger partial charge in [0.1, 0.15) is 0 Å². The van der Waals surface area contributed by atoms with Crippen molar-refractivity contribution in [2.75, 3.05) is 5.32 Å². The summed E-state index contributed by atoms with van der Waals surface area (Å²) < 4.78 is 0. The van der Waals surface area contributed by atoms with Crippen molar-refractivity contribution in [2.24, 2.45) is 4.99 Å². The Labute approximate surface area is 151 Å². The van der Waals surface area contributed by atoms with Gasteiger partial charge in [-0.1, -0.05) is 72.8 Å². The Kier molecular flexibility index (Phi) is 4.95. The monoisotopic (exact) mass is 359 g/mol. The fourth-order valence-electron chi connectivity index (χ4n) is 2.84. The van der Waals surface area contributed by atoms with E-state index in [4.69, 9.17) is 0 Å². The fourth-order valence-corrected chi connectivity index (χ4v) is 2.84. The summed E-state index contributed by atoms with van der Waals surface area (Å²) >= 11 is 0. The molecule has 0 spiro atoms. The van der Waals surface area contributed by atoms with Crippen molar-refractivity contribution < 1.29 is 17.1 Å². The van der Waals surface area contributed by atoms with Gasteiger partial charge in [0.2, 0.25) is 0 Å². The predicted octanol–water partition coefficient (Wildman–Crippen LogP) is 5.76. The molecule has 0 bridgehead atoms. The molecule has 2 nitrogen and oxygen atoms in total. The minimum Gasteiger partial charge on any atom is -0.346 e. The van der Waals surface area contributed by atoms with E-state index in [1.54, 1.807) is 6.34 Å². The van der Waals surface area contributed by atoms with E-state index in [2.05, 4.69) is 71.0 Å². The molecule has 1 radical (unpaired) electrons. The standard InChI is InChI=1S/C21H16N2.Cu/c1-3-11-18-16(7-1)9-5-13-20(18)22-15-23-21-14-6-10-17-8-2-4-12-19(17)21;/h1-15H,(H,22,23);/q;+2. The molecule has 24 heavy (non-hydrogen) atoms. The van der Waals surface area contributed by atoms with Crippen LogP contribution in [-0.4, -0.2) is 6.34 Å². The molecule has 4 aromatic rings. The van der Waals surface area contributed by atoms with Crippen molar-refractivity contribution in [3.8, 4) is 0 Å². The molecule has 0 amide bonds. The van der Waals surface area contributed by atoms with E-state index in [-0.39, 0.29) is 17.1 Å². The van der Waals surface area contributed by atoms with E-state index in [0.717, 1.165) is 16.8 Å². The Morgan fingerprint density at radius 2 is 1.21 bits per heavy atom. The number of hydrogen-bond donors (Lipinski definition) is 1. The van der Waals surface area contributed by atoms with Gasteiger partial charge in [-0.2, -0.15) is 0 Å². The van der Waals surface area contributed by atoms with Gasteiger partial charge >= 0.3 is 17.1 Å². The predicted molar refractivity (Wildman–Crippen MR) is 99.7 cm³/mol. The van der Waals surface area contributed by atoms with Crippen molar-refractivity contribution in [1.29, 1.82) is 0 Å². The van der Waals surface area contributed by atoms with E-state index in [0.29, 0.717) is 0 Å². The average molecular weight is 360 g/mol. The zero-order valence-corrected chi connectivity index (χ0v) is 13.9. The van der Waals surface area contributed by atoms with Gasteiger partial charge in [0.15, 0.2) is 0 Å². The van der Waals surface area contributed by atoms with Gasteiger partial charge < -0.3 is 5.32 Å². The molecule has 119 valence electrons. The molecule has 0 heterocycles. The number of anilines is 1. The Morgan fingerprint density at radius 3 is 2.00 bits per heavy atom. The summed E-state index contributed by atoms with van der Waals surface area (Å²) in [5.41, 5.74) is 2.03. The molecule has 0 atom stereocenters. The quantitative estimate of drug-likeness (QED) is 0.280. The number of benzene rings is 4. The molecule has 0 fully saturated rings. The van der Waals surface area contributed by atoms with Crippen LogP contribution in [0.4, 0.5) is 11.4 Å². The van der Waals surface area contributed by atoms with E-state index >= 15 is 0 Å². The van der Waals surface area contributed by atoms with Crippen molar-refractivity contribution in [3.63, 3.8) is 0 Å². The minimum atomic E-state index is 0. The number of nitrogens with zero attached hydrogens (tertiary/aromatic N) is 1. The zero-order valence-electron chi connectivity index (χ0n) is 12.9. The van der Waals surface area contributed by atoms with Gasteiger partial charge in [-0.15, -0.1) is 0 Å². The number of rotatable bonds is 3. The van der Waals surface area contributed by atoms with Crippen LogP contribution in [0.15, 0.2) is 89.9 Å². The number of aliphatic imine (C=N–C) groups is 1.